The normalized spacial score (nSPS) is 46.7. The third-order valence-corrected chi connectivity index (χ3v) is 15.1. The highest BCUT2D eigenvalue weighted by Gasteiger charge is 2.60. The average Bonchev–Trinajstić information content (AvgIpc) is 2.89. The van der Waals surface area contributed by atoms with E-state index in [1.54, 1.807) is 0 Å². The van der Waals surface area contributed by atoms with E-state index in [0.717, 1.165) is 30.6 Å². The zero-order chi connectivity index (χ0) is 20.5. The minimum absolute atomic E-state index is 0.0208. The molecule has 7 atom stereocenters. The molecule has 4 aliphatic rings. The number of fused-ring (bicyclic) bond motifs is 5. The molecule has 4 saturated carbocycles. The van der Waals surface area contributed by atoms with Crippen molar-refractivity contribution < 1.29 is 9.22 Å². The van der Waals surface area contributed by atoms with E-state index >= 15 is 0 Å². The topological polar surface area (TPSA) is 26.3 Å². The van der Waals surface area contributed by atoms with Crippen molar-refractivity contribution >= 4 is 14.1 Å². The van der Waals surface area contributed by atoms with Crippen LogP contribution in [0.3, 0.4) is 0 Å². The molecular formula is C25H44O2Si. The molecule has 4 rings (SSSR count). The summed E-state index contributed by atoms with van der Waals surface area (Å²) in [6, 6.07) is 0. The van der Waals surface area contributed by atoms with Crippen LogP contribution in [0.2, 0.25) is 18.1 Å². The van der Waals surface area contributed by atoms with E-state index in [4.69, 9.17) is 4.43 Å². The average molecular weight is 405 g/mol. The van der Waals surface area contributed by atoms with Crippen LogP contribution in [0.25, 0.3) is 0 Å². The Hall–Kier alpha value is -0.153. The molecule has 0 aliphatic heterocycles. The number of rotatable bonds is 2. The molecule has 0 aromatic heterocycles. The number of ketones is 1. The third kappa shape index (κ3) is 3.09. The van der Waals surface area contributed by atoms with Crippen LogP contribution in [0, 0.1) is 34.5 Å². The number of carbonyl (C=O) groups excluding carboxylic acids is 1. The van der Waals surface area contributed by atoms with Gasteiger partial charge in [0.2, 0.25) is 0 Å². The third-order valence-electron chi connectivity index (χ3n) is 10.6. The molecule has 0 N–H and O–H groups in total. The fourth-order valence-electron chi connectivity index (χ4n) is 7.69. The molecule has 0 aromatic carbocycles. The van der Waals surface area contributed by atoms with E-state index in [-0.39, 0.29) is 5.41 Å². The predicted molar refractivity (Wildman–Crippen MR) is 119 cm³/mol. The second-order valence-electron chi connectivity index (χ2n) is 12.8. The first-order chi connectivity index (χ1) is 12.9. The first kappa shape index (κ1) is 21.1. The molecule has 0 saturated heterocycles. The van der Waals surface area contributed by atoms with Crippen molar-refractivity contribution in [3.05, 3.63) is 0 Å². The fourth-order valence-corrected chi connectivity index (χ4v) is 9.09. The zero-order valence-electron chi connectivity index (χ0n) is 19.6. The van der Waals surface area contributed by atoms with E-state index in [0.29, 0.717) is 28.3 Å². The van der Waals surface area contributed by atoms with Gasteiger partial charge in [0.05, 0.1) is 0 Å². The minimum atomic E-state index is -1.68. The van der Waals surface area contributed by atoms with Crippen molar-refractivity contribution in [1.29, 1.82) is 0 Å². The van der Waals surface area contributed by atoms with Crippen LogP contribution >= 0.6 is 0 Å². The lowest BCUT2D eigenvalue weighted by Gasteiger charge is -2.60. The highest BCUT2D eigenvalue weighted by atomic mass is 28.4. The van der Waals surface area contributed by atoms with Crippen molar-refractivity contribution in [3.8, 4) is 0 Å². The van der Waals surface area contributed by atoms with Crippen LogP contribution in [0.1, 0.15) is 92.4 Å². The van der Waals surface area contributed by atoms with Crippen LogP contribution in [-0.4, -0.2) is 20.2 Å². The smallest absolute Gasteiger partial charge is 0.192 e. The molecule has 0 aromatic rings. The van der Waals surface area contributed by atoms with Gasteiger partial charge in [-0.1, -0.05) is 34.6 Å². The van der Waals surface area contributed by atoms with Gasteiger partial charge in [-0.2, -0.15) is 0 Å². The molecule has 0 bridgehead atoms. The highest BCUT2D eigenvalue weighted by Crippen LogP contribution is 2.65. The maximum absolute atomic E-state index is 12.6. The maximum Gasteiger partial charge on any atom is 0.192 e. The summed E-state index contributed by atoms with van der Waals surface area (Å²) in [7, 11) is -1.68. The van der Waals surface area contributed by atoms with Crippen LogP contribution in [0.15, 0.2) is 0 Å². The predicted octanol–water partition coefficient (Wildman–Crippen LogP) is 6.99. The number of carbonyl (C=O) groups is 1. The Morgan fingerprint density at radius 3 is 2.36 bits per heavy atom. The van der Waals surface area contributed by atoms with Crippen molar-refractivity contribution in [1.82, 2.24) is 0 Å². The lowest BCUT2D eigenvalue weighted by molar-refractivity contribution is -0.141. The zero-order valence-corrected chi connectivity index (χ0v) is 20.6. The Morgan fingerprint density at radius 2 is 1.68 bits per heavy atom. The van der Waals surface area contributed by atoms with Crippen molar-refractivity contribution in [2.75, 3.05) is 0 Å². The van der Waals surface area contributed by atoms with Gasteiger partial charge in [-0.05, 0) is 98.6 Å². The molecule has 0 unspecified atom stereocenters. The fraction of sp³-hybridized carbons (Fsp3) is 0.960. The maximum atomic E-state index is 12.6. The van der Waals surface area contributed by atoms with E-state index in [2.05, 4.69) is 47.7 Å². The van der Waals surface area contributed by atoms with Gasteiger partial charge in [0.15, 0.2) is 8.32 Å². The van der Waals surface area contributed by atoms with E-state index in [1.165, 1.54) is 44.9 Å². The van der Waals surface area contributed by atoms with Gasteiger partial charge in [0, 0.05) is 17.9 Å². The standard InChI is InChI=1S/C25H44O2Si/c1-23(2,3)28(6,7)27-18-12-14-24(4)17(16-18)8-9-19-20-10-11-22(26)25(20,5)15-13-21(19)24/h17-21H,8-16H2,1-7H3/t17-,18-,19-,20-,21-,24-,25-/m0/s1. The van der Waals surface area contributed by atoms with Gasteiger partial charge in [0.1, 0.15) is 5.78 Å². The van der Waals surface area contributed by atoms with Crippen molar-refractivity contribution in [3.63, 3.8) is 0 Å². The Morgan fingerprint density at radius 1 is 0.964 bits per heavy atom. The minimum Gasteiger partial charge on any atom is -0.414 e. The SMILES string of the molecule is CC(C)(C)[Si](C)(C)O[C@H]1CC[C@@]2(C)[C@@H](CC[C@@H]3[C@@H]2CC[C@]2(C)C(=O)CC[C@@H]32)C1. The second-order valence-corrected chi connectivity index (χ2v) is 17.6. The lowest BCUT2D eigenvalue weighted by atomic mass is 9.45. The summed E-state index contributed by atoms with van der Waals surface area (Å²) in [5, 5.41) is 0.300. The van der Waals surface area contributed by atoms with E-state index in [9.17, 15) is 4.79 Å². The lowest BCUT2D eigenvalue weighted by Crippen LogP contribution is -2.55. The largest absolute Gasteiger partial charge is 0.414 e. The summed E-state index contributed by atoms with van der Waals surface area (Å²) in [6.07, 6.45) is 11.6. The monoisotopic (exact) mass is 404 g/mol. The molecule has 0 amide bonds. The van der Waals surface area contributed by atoms with Gasteiger partial charge in [0.25, 0.3) is 0 Å². The van der Waals surface area contributed by atoms with E-state index < -0.39 is 8.32 Å². The first-order valence-corrected chi connectivity index (χ1v) is 15.0. The summed E-state index contributed by atoms with van der Waals surface area (Å²) in [6.45, 7) is 16.8. The Bertz CT molecular complexity index is 635. The molecule has 0 radical (unpaired) electrons. The molecule has 3 heteroatoms. The summed E-state index contributed by atoms with van der Waals surface area (Å²) in [4.78, 5) is 12.6. The van der Waals surface area contributed by atoms with Crippen molar-refractivity contribution in [2.24, 2.45) is 34.5 Å². The van der Waals surface area contributed by atoms with Gasteiger partial charge in [-0.3, -0.25) is 4.79 Å². The number of hydrogen-bond acceptors (Lipinski definition) is 2. The summed E-state index contributed by atoms with van der Waals surface area (Å²) in [5.74, 6) is 3.75. The van der Waals surface area contributed by atoms with Gasteiger partial charge in [-0.15, -0.1) is 0 Å². The summed E-state index contributed by atoms with van der Waals surface area (Å²) < 4.78 is 6.87. The number of hydrogen-bond donors (Lipinski definition) is 0. The van der Waals surface area contributed by atoms with Gasteiger partial charge in [-0.25, -0.2) is 0 Å². The van der Waals surface area contributed by atoms with E-state index in [1.807, 2.05) is 0 Å². The molecule has 4 fully saturated rings. The van der Waals surface area contributed by atoms with Crippen molar-refractivity contribution in [2.45, 2.75) is 117 Å². The Balaban J connectivity index is 1.48. The second kappa shape index (κ2) is 6.67. The Labute approximate surface area is 174 Å². The molecular weight excluding hydrogens is 360 g/mol. The highest BCUT2D eigenvalue weighted by molar-refractivity contribution is 6.74. The van der Waals surface area contributed by atoms with Crippen LogP contribution < -0.4 is 0 Å². The van der Waals surface area contributed by atoms with Crippen LogP contribution in [0.4, 0.5) is 0 Å². The summed E-state index contributed by atoms with van der Waals surface area (Å²) >= 11 is 0. The molecule has 0 heterocycles. The number of Topliss-reactive ketones (excluding diaryl/α,β-unsaturated/α-hetero) is 1. The molecule has 160 valence electrons. The van der Waals surface area contributed by atoms with Crippen LogP contribution in [-0.2, 0) is 9.22 Å². The van der Waals surface area contributed by atoms with Gasteiger partial charge >= 0.3 is 0 Å². The Kier molecular flexibility index (Phi) is 5.03. The quantitative estimate of drug-likeness (QED) is 0.464. The first-order valence-electron chi connectivity index (χ1n) is 12.1. The van der Waals surface area contributed by atoms with Crippen LogP contribution in [0.5, 0.6) is 0 Å². The summed E-state index contributed by atoms with van der Waals surface area (Å²) in [5.41, 5.74) is 0.510. The molecule has 0 spiro atoms. The van der Waals surface area contributed by atoms with Gasteiger partial charge < -0.3 is 4.43 Å². The molecule has 2 nitrogen and oxygen atoms in total. The molecule has 28 heavy (non-hydrogen) atoms. The molecule has 4 aliphatic carbocycles.